The van der Waals surface area contributed by atoms with Crippen molar-refractivity contribution in [1.82, 2.24) is 9.62 Å². The lowest BCUT2D eigenvalue weighted by Crippen LogP contribution is -2.42. The summed E-state index contributed by atoms with van der Waals surface area (Å²) in [4.78, 5) is 11.8. The molecule has 0 bridgehead atoms. The first-order chi connectivity index (χ1) is 9.80. The molecule has 0 aromatic rings. The van der Waals surface area contributed by atoms with Crippen molar-refractivity contribution >= 4 is 15.9 Å². The molecule has 1 aliphatic carbocycles. The molecule has 1 rings (SSSR count). The lowest BCUT2D eigenvalue weighted by molar-refractivity contribution is -0.121. The van der Waals surface area contributed by atoms with Crippen molar-refractivity contribution in [2.75, 3.05) is 19.3 Å². The number of rotatable bonds is 7. The third kappa shape index (κ3) is 7.27. The molecule has 1 fully saturated rings. The fourth-order valence-electron chi connectivity index (χ4n) is 2.78. The molecule has 0 atom stereocenters. The summed E-state index contributed by atoms with van der Waals surface area (Å²) in [5, 5.41) is 2.84. The minimum absolute atomic E-state index is 0.0639. The molecule has 0 heterocycles. The van der Waals surface area contributed by atoms with Crippen molar-refractivity contribution in [3.63, 3.8) is 0 Å². The molecule has 1 N–H and O–H groups in total. The van der Waals surface area contributed by atoms with E-state index in [4.69, 9.17) is 0 Å². The number of hydrogen-bond donors (Lipinski definition) is 1. The quantitative estimate of drug-likeness (QED) is 0.731. The molecule has 1 amide bonds. The molecule has 1 aliphatic rings. The minimum atomic E-state index is -3.25. The smallest absolute Gasteiger partial charge is 0.221 e. The van der Waals surface area contributed by atoms with Gasteiger partial charge in [0.15, 0.2) is 0 Å². The fraction of sp³-hybridized carbons (Fsp3) is 0.933. The highest BCUT2D eigenvalue weighted by atomic mass is 32.2. The number of carbonyl (C=O) groups is 1. The van der Waals surface area contributed by atoms with Gasteiger partial charge in [0, 0.05) is 25.6 Å². The van der Waals surface area contributed by atoms with Crippen LogP contribution in [0, 0.1) is 5.92 Å². The molecule has 21 heavy (non-hydrogen) atoms. The number of carbonyl (C=O) groups excluding carboxylic acids is 1. The lowest BCUT2D eigenvalue weighted by Gasteiger charge is -2.28. The van der Waals surface area contributed by atoms with Gasteiger partial charge in [0.1, 0.15) is 0 Å². The van der Waals surface area contributed by atoms with Crippen LogP contribution < -0.4 is 5.32 Å². The Morgan fingerprint density at radius 2 is 1.76 bits per heavy atom. The molecule has 0 radical (unpaired) electrons. The zero-order chi connectivity index (χ0) is 15.9. The maximum Gasteiger partial charge on any atom is 0.221 e. The third-order valence-electron chi connectivity index (χ3n) is 3.92. The number of hydrogen-bond acceptors (Lipinski definition) is 3. The summed E-state index contributed by atoms with van der Waals surface area (Å²) in [5.74, 6) is 0.341. The molecule has 124 valence electrons. The molecular formula is C15H30N2O3S. The van der Waals surface area contributed by atoms with Crippen LogP contribution in [0.25, 0.3) is 0 Å². The van der Waals surface area contributed by atoms with Crippen LogP contribution in [0.1, 0.15) is 58.8 Å². The van der Waals surface area contributed by atoms with Crippen molar-refractivity contribution in [2.45, 2.75) is 64.8 Å². The SMILES string of the molecule is CC(C)CNC(=O)CCN(C1CCCCCC1)S(C)(=O)=O. The van der Waals surface area contributed by atoms with E-state index in [0.29, 0.717) is 19.0 Å². The predicted molar refractivity (Wildman–Crippen MR) is 85.5 cm³/mol. The molecule has 6 heteroatoms. The van der Waals surface area contributed by atoms with Gasteiger partial charge in [-0.25, -0.2) is 8.42 Å². The largest absolute Gasteiger partial charge is 0.356 e. The van der Waals surface area contributed by atoms with E-state index in [9.17, 15) is 13.2 Å². The van der Waals surface area contributed by atoms with Crippen molar-refractivity contribution in [3.8, 4) is 0 Å². The Kier molecular flexibility index (Phi) is 7.66. The monoisotopic (exact) mass is 318 g/mol. The molecule has 0 aromatic carbocycles. The Morgan fingerprint density at radius 3 is 2.24 bits per heavy atom. The van der Waals surface area contributed by atoms with Crippen LogP contribution in [0.2, 0.25) is 0 Å². The van der Waals surface area contributed by atoms with Crippen LogP contribution in [0.5, 0.6) is 0 Å². The van der Waals surface area contributed by atoms with E-state index in [1.165, 1.54) is 19.1 Å². The molecule has 1 saturated carbocycles. The molecular weight excluding hydrogens is 288 g/mol. The summed E-state index contributed by atoms with van der Waals surface area (Å²) in [6, 6.07) is 0.0698. The number of nitrogens with zero attached hydrogens (tertiary/aromatic N) is 1. The van der Waals surface area contributed by atoms with Gasteiger partial charge in [-0.3, -0.25) is 4.79 Å². The van der Waals surface area contributed by atoms with Gasteiger partial charge in [0.05, 0.1) is 6.26 Å². The van der Waals surface area contributed by atoms with Crippen LogP contribution in [-0.2, 0) is 14.8 Å². The molecule has 0 unspecified atom stereocenters. The van der Waals surface area contributed by atoms with E-state index in [1.54, 1.807) is 4.31 Å². The van der Waals surface area contributed by atoms with Gasteiger partial charge in [-0.15, -0.1) is 0 Å². The van der Waals surface area contributed by atoms with E-state index in [2.05, 4.69) is 5.32 Å². The lowest BCUT2D eigenvalue weighted by atomic mass is 10.1. The van der Waals surface area contributed by atoms with Crippen molar-refractivity contribution < 1.29 is 13.2 Å². The van der Waals surface area contributed by atoms with Gasteiger partial charge in [0.2, 0.25) is 15.9 Å². The van der Waals surface area contributed by atoms with Crippen LogP contribution in [-0.4, -0.2) is 44.0 Å². The molecule has 0 aliphatic heterocycles. The average molecular weight is 318 g/mol. The normalized spacial score (nSPS) is 18.0. The Morgan fingerprint density at radius 1 is 1.19 bits per heavy atom. The highest BCUT2D eigenvalue weighted by molar-refractivity contribution is 7.88. The van der Waals surface area contributed by atoms with Gasteiger partial charge in [0.25, 0.3) is 0 Å². The third-order valence-corrected chi connectivity index (χ3v) is 5.26. The minimum Gasteiger partial charge on any atom is -0.356 e. The van der Waals surface area contributed by atoms with Crippen molar-refractivity contribution in [3.05, 3.63) is 0 Å². The van der Waals surface area contributed by atoms with Crippen LogP contribution >= 0.6 is 0 Å². The first-order valence-corrected chi connectivity index (χ1v) is 9.89. The Labute approximate surface area is 129 Å². The number of amides is 1. The Bertz CT molecular complexity index is 413. The van der Waals surface area contributed by atoms with Crippen molar-refractivity contribution in [1.29, 1.82) is 0 Å². The second-order valence-corrected chi connectivity index (χ2v) is 8.40. The van der Waals surface area contributed by atoms with Gasteiger partial charge < -0.3 is 5.32 Å². The maximum atomic E-state index is 12.0. The second-order valence-electron chi connectivity index (χ2n) is 6.47. The van der Waals surface area contributed by atoms with Gasteiger partial charge in [-0.1, -0.05) is 39.5 Å². The Hall–Kier alpha value is -0.620. The Balaban J connectivity index is 2.56. The van der Waals surface area contributed by atoms with Gasteiger partial charge >= 0.3 is 0 Å². The van der Waals surface area contributed by atoms with E-state index in [1.807, 2.05) is 13.8 Å². The van der Waals surface area contributed by atoms with Crippen LogP contribution in [0.4, 0.5) is 0 Å². The topological polar surface area (TPSA) is 66.5 Å². The van der Waals surface area contributed by atoms with E-state index in [-0.39, 0.29) is 18.4 Å². The predicted octanol–water partition coefficient (Wildman–Crippen LogP) is 2.13. The zero-order valence-corrected chi connectivity index (χ0v) is 14.4. The van der Waals surface area contributed by atoms with Crippen molar-refractivity contribution in [2.24, 2.45) is 5.92 Å². The summed E-state index contributed by atoms with van der Waals surface area (Å²) in [6.07, 6.45) is 7.86. The molecule has 5 nitrogen and oxygen atoms in total. The first kappa shape index (κ1) is 18.4. The van der Waals surface area contributed by atoms with Gasteiger partial charge in [-0.05, 0) is 18.8 Å². The summed E-state index contributed by atoms with van der Waals surface area (Å²) in [7, 11) is -3.25. The fourth-order valence-corrected chi connectivity index (χ4v) is 3.96. The molecule has 0 saturated heterocycles. The molecule has 0 spiro atoms. The molecule has 0 aromatic heterocycles. The zero-order valence-electron chi connectivity index (χ0n) is 13.6. The van der Waals surface area contributed by atoms with E-state index >= 15 is 0 Å². The second kappa shape index (κ2) is 8.73. The highest BCUT2D eigenvalue weighted by Crippen LogP contribution is 2.23. The van der Waals surface area contributed by atoms with Crippen LogP contribution in [0.3, 0.4) is 0 Å². The average Bonchev–Trinajstić information content (AvgIpc) is 2.64. The summed E-state index contributed by atoms with van der Waals surface area (Å²) < 4.78 is 25.6. The van der Waals surface area contributed by atoms with E-state index < -0.39 is 10.0 Å². The maximum absolute atomic E-state index is 12.0. The van der Waals surface area contributed by atoms with Crippen LogP contribution in [0.15, 0.2) is 0 Å². The standard InChI is InChI=1S/C15H30N2O3S/c1-13(2)12-16-15(18)10-11-17(21(3,19)20)14-8-6-4-5-7-9-14/h13-14H,4-12H2,1-3H3,(H,16,18). The summed E-state index contributed by atoms with van der Waals surface area (Å²) in [6.45, 7) is 5.01. The van der Waals surface area contributed by atoms with Gasteiger partial charge in [-0.2, -0.15) is 4.31 Å². The van der Waals surface area contributed by atoms with E-state index in [0.717, 1.165) is 25.7 Å². The number of nitrogens with one attached hydrogen (secondary N) is 1. The number of sulfonamides is 1. The summed E-state index contributed by atoms with van der Waals surface area (Å²) >= 11 is 0. The first-order valence-electron chi connectivity index (χ1n) is 8.04. The summed E-state index contributed by atoms with van der Waals surface area (Å²) in [5.41, 5.74) is 0. The highest BCUT2D eigenvalue weighted by Gasteiger charge is 2.27.